The third-order valence-electron chi connectivity index (χ3n) is 4.39. The molecule has 0 saturated heterocycles. The highest BCUT2D eigenvalue weighted by Gasteiger charge is 2.29. The molecular formula is C21H18ClN3O6S. The molecule has 3 aromatic carbocycles. The zero-order chi connectivity index (χ0) is 23.3. The van der Waals surface area contributed by atoms with E-state index in [0.29, 0.717) is 11.4 Å². The Kier molecular flexibility index (Phi) is 6.96. The van der Waals surface area contributed by atoms with Crippen LogP contribution in [0.3, 0.4) is 0 Å². The van der Waals surface area contributed by atoms with E-state index in [0.717, 1.165) is 22.5 Å². The number of ether oxygens (including phenoxy) is 1. The Labute approximate surface area is 189 Å². The zero-order valence-electron chi connectivity index (χ0n) is 16.8. The van der Waals surface area contributed by atoms with Gasteiger partial charge in [-0.1, -0.05) is 35.9 Å². The van der Waals surface area contributed by atoms with Crippen LogP contribution in [0.5, 0.6) is 5.75 Å². The molecule has 0 aliphatic heterocycles. The van der Waals surface area contributed by atoms with Gasteiger partial charge in [-0.15, -0.1) is 0 Å². The summed E-state index contributed by atoms with van der Waals surface area (Å²) in [6.45, 7) is -0.569. The van der Waals surface area contributed by atoms with Crippen LogP contribution >= 0.6 is 11.6 Å². The number of rotatable bonds is 8. The van der Waals surface area contributed by atoms with E-state index in [2.05, 4.69) is 5.32 Å². The number of methoxy groups -OCH3 is 1. The second-order valence-electron chi connectivity index (χ2n) is 6.50. The van der Waals surface area contributed by atoms with Crippen LogP contribution in [0, 0.1) is 10.1 Å². The lowest BCUT2D eigenvalue weighted by Crippen LogP contribution is -2.38. The van der Waals surface area contributed by atoms with Gasteiger partial charge in [-0.2, -0.15) is 0 Å². The predicted molar refractivity (Wildman–Crippen MR) is 121 cm³/mol. The molecule has 166 valence electrons. The number of carbonyl (C=O) groups excluding carboxylic acids is 1. The summed E-state index contributed by atoms with van der Waals surface area (Å²) in [5.74, 6) is -0.0991. The highest BCUT2D eigenvalue weighted by atomic mass is 35.5. The summed E-state index contributed by atoms with van der Waals surface area (Å²) >= 11 is 5.81. The largest absolute Gasteiger partial charge is 0.497 e. The Morgan fingerprint density at radius 1 is 1.09 bits per heavy atom. The van der Waals surface area contributed by atoms with Crippen molar-refractivity contribution in [2.45, 2.75) is 4.90 Å². The summed E-state index contributed by atoms with van der Waals surface area (Å²) in [4.78, 5) is 22.8. The van der Waals surface area contributed by atoms with Crippen LogP contribution in [0.4, 0.5) is 17.1 Å². The van der Waals surface area contributed by atoms with Gasteiger partial charge in [0.1, 0.15) is 17.3 Å². The molecular weight excluding hydrogens is 458 g/mol. The zero-order valence-corrected chi connectivity index (χ0v) is 18.3. The molecule has 0 unspecified atom stereocenters. The standard InChI is InChI=1S/C21H18ClN3O6S/c1-31-17-9-5-6-15(12-17)23-21(26)14-24(16-7-3-2-4-8-16)32(29,30)18-10-11-19(22)20(13-18)25(27)28/h2-13H,14H2,1H3,(H,23,26). The first-order valence-corrected chi connectivity index (χ1v) is 11.0. The molecule has 0 aromatic heterocycles. The molecule has 1 N–H and O–H groups in total. The molecule has 1 amide bonds. The average Bonchev–Trinajstić information content (AvgIpc) is 2.78. The second-order valence-corrected chi connectivity index (χ2v) is 8.77. The number of para-hydroxylation sites is 1. The summed E-state index contributed by atoms with van der Waals surface area (Å²) < 4.78 is 32.7. The minimum absolute atomic E-state index is 0.198. The lowest BCUT2D eigenvalue weighted by molar-refractivity contribution is -0.384. The highest BCUT2D eigenvalue weighted by Crippen LogP contribution is 2.30. The van der Waals surface area contributed by atoms with Gasteiger partial charge < -0.3 is 10.1 Å². The van der Waals surface area contributed by atoms with Gasteiger partial charge in [0.15, 0.2) is 0 Å². The van der Waals surface area contributed by atoms with Crippen LogP contribution in [-0.2, 0) is 14.8 Å². The van der Waals surface area contributed by atoms with E-state index in [1.54, 1.807) is 42.5 Å². The molecule has 32 heavy (non-hydrogen) atoms. The Bertz CT molecular complexity index is 1250. The molecule has 0 spiro atoms. The summed E-state index contributed by atoms with van der Waals surface area (Å²) in [5, 5.41) is 13.6. The number of nitro groups is 1. The molecule has 0 aliphatic rings. The van der Waals surface area contributed by atoms with Crippen molar-refractivity contribution in [1.29, 1.82) is 0 Å². The van der Waals surface area contributed by atoms with Gasteiger partial charge >= 0.3 is 0 Å². The van der Waals surface area contributed by atoms with Crippen LogP contribution in [0.15, 0.2) is 77.7 Å². The Morgan fingerprint density at radius 3 is 2.47 bits per heavy atom. The average molecular weight is 476 g/mol. The van der Waals surface area contributed by atoms with E-state index >= 15 is 0 Å². The maximum atomic E-state index is 13.4. The number of nitrogens with one attached hydrogen (secondary N) is 1. The van der Waals surface area contributed by atoms with Gasteiger partial charge in [0.2, 0.25) is 5.91 Å². The van der Waals surface area contributed by atoms with Crippen LogP contribution in [0.25, 0.3) is 0 Å². The third-order valence-corrected chi connectivity index (χ3v) is 6.48. The Morgan fingerprint density at radius 2 is 1.81 bits per heavy atom. The second kappa shape index (κ2) is 9.67. The molecule has 0 atom stereocenters. The number of sulfonamides is 1. The minimum atomic E-state index is -4.34. The fourth-order valence-electron chi connectivity index (χ4n) is 2.86. The normalized spacial score (nSPS) is 10.9. The topological polar surface area (TPSA) is 119 Å². The van der Waals surface area contributed by atoms with E-state index in [-0.39, 0.29) is 15.6 Å². The molecule has 11 heteroatoms. The van der Waals surface area contributed by atoms with Gasteiger partial charge in [-0.25, -0.2) is 8.42 Å². The molecule has 0 saturated carbocycles. The maximum absolute atomic E-state index is 13.4. The molecule has 0 bridgehead atoms. The molecule has 3 rings (SSSR count). The molecule has 0 aliphatic carbocycles. The fraction of sp³-hybridized carbons (Fsp3) is 0.0952. The lowest BCUT2D eigenvalue weighted by Gasteiger charge is -2.24. The van der Waals surface area contributed by atoms with Gasteiger partial charge in [0, 0.05) is 17.8 Å². The monoisotopic (exact) mass is 475 g/mol. The van der Waals surface area contributed by atoms with Crippen molar-refractivity contribution in [3.63, 3.8) is 0 Å². The summed E-state index contributed by atoms with van der Waals surface area (Å²) in [6.07, 6.45) is 0. The number of nitrogens with zero attached hydrogens (tertiary/aromatic N) is 2. The highest BCUT2D eigenvalue weighted by molar-refractivity contribution is 7.92. The van der Waals surface area contributed by atoms with E-state index in [9.17, 15) is 23.3 Å². The van der Waals surface area contributed by atoms with Crippen molar-refractivity contribution in [2.75, 3.05) is 23.3 Å². The smallest absolute Gasteiger partial charge is 0.289 e. The van der Waals surface area contributed by atoms with Crippen LogP contribution in [-0.4, -0.2) is 32.9 Å². The number of hydrogen-bond donors (Lipinski definition) is 1. The number of amides is 1. The van der Waals surface area contributed by atoms with Crippen molar-refractivity contribution in [1.82, 2.24) is 0 Å². The molecule has 0 radical (unpaired) electrons. The lowest BCUT2D eigenvalue weighted by atomic mass is 10.3. The third kappa shape index (κ3) is 5.16. The molecule has 9 nitrogen and oxygen atoms in total. The van der Waals surface area contributed by atoms with E-state index < -0.39 is 33.1 Å². The predicted octanol–water partition coefficient (Wildman–Crippen LogP) is 4.09. The van der Waals surface area contributed by atoms with Crippen LogP contribution < -0.4 is 14.4 Å². The minimum Gasteiger partial charge on any atom is -0.497 e. The quantitative estimate of drug-likeness (QED) is 0.387. The summed E-state index contributed by atoms with van der Waals surface area (Å²) in [5.41, 5.74) is 0.0781. The van der Waals surface area contributed by atoms with Crippen molar-refractivity contribution < 1.29 is 22.9 Å². The van der Waals surface area contributed by atoms with Gasteiger partial charge in [-0.3, -0.25) is 19.2 Å². The molecule has 3 aromatic rings. The van der Waals surface area contributed by atoms with Crippen molar-refractivity contribution in [2.24, 2.45) is 0 Å². The van der Waals surface area contributed by atoms with Gasteiger partial charge in [0.25, 0.3) is 15.7 Å². The number of carbonyl (C=O) groups is 1. The Hall–Kier alpha value is -3.63. The summed E-state index contributed by atoms with van der Waals surface area (Å²) in [7, 11) is -2.86. The summed E-state index contributed by atoms with van der Waals surface area (Å²) in [6, 6.07) is 17.7. The molecule has 0 heterocycles. The molecule has 0 fully saturated rings. The number of benzene rings is 3. The number of halogens is 1. The maximum Gasteiger partial charge on any atom is 0.289 e. The number of anilines is 2. The number of hydrogen-bond acceptors (Lipinski definition) is 6. The van der Waals surface area contributed by atoms with Gasteiger partial charge in [0.05, 0.1) is 22.6 Å². The first-order valence-electron chi connectivity index (χ1n) is 9.18. The van der Waals surface area contributed by atoms with Crippen LogP contribution in [0.2, 0.25) is 5.02 Å². The van der Waals surface area contributed by atoms with Crippen LogP contribution in [0.1, 0.15) is 0 Å². The SMILES string of the molecule is COc1cccc(NC(=O)CN(c2ccccc2)S(=O)(=O)c2ccc(Cl)c([N+](=O)[O-])c2)c1. The first-order chi connectivity index (χ1) is 15.2. The van der Waals surface area contributed by atoms with Crippen molar-refractivity contribution >= 4 is 44.6 Å². The van der Waals surface area contributed by atoms with Crippen molar-refractivity contribution in [3.05, 3.63) is 87.9 Å². The van der Waals surface area contributed by atoms with E-state index in [4.69, 9.17) is 16.3 Å². The number of nitro benzene ring substituents is 1. The fourth-order valence-corrected chi connectivity index (χ4v) is 4.49. The van der Waals surface area contributed by atoms with Gasteiger partial charge in [-0.05, 0) is 36.4 Å². The Balaban J connectivity index is 1.97. The first kappa shape index (κ1) is 23.0. The van der Waals surface area contributed by atoms with E-state index in [1.165, 1.54) is 19.2 Å². The van der Waals surface area contributed by atoms with Crippen molar-refractivity contribution in [3.8, 4) is 5.75 Å². The van der Waals surface area contributed by atoms with E-state index in [1.807, 2.05) is 0 Å².